The predicted molar refractivity (Wildman–Crippen MR) is 333 cm³/mol. The number of nitrogens with one attached hydrogen (secondary N) is 9. The summed E-state index contributed by atoms with van der Waals surface area (Å²) < 4.78 is 1.44. The third-order valence-electron chi connectivity index (χ3n) is 14.8. The third kappa shape index (κ3) is 27.7. The Morgan fingerprint density at radius 1 is 0.380 bits per heavy atom. The van der Waals surface area contributed by atoms with Gasteiger partial charge in [0.2, 0.25) is 53.2 Å². The van der Waals surface area contributed by atoms with E-state index in [2.05, 4.69) is 62.8 Å². The number of amides is 9. The molecule has 3 aromatic rings. The topological polar surface area (TPSA) is 430 Å². The Morgan fingerprint density at radius 3 is 0.848 bits per heavy atom. The van der Waals surface area contributed by atoms with E-state index in [1.54, 1.807) is 20.8 Å². The van der Waals surface area contributed by atoms with Crippen LogP contribution in [0.3, 0.4) is 0 Å². The first-order chi connectivity index (χ1) is 42.8. The van der Waals surface area contributed by atoms with Gasteiger partial charge in [0.05, 0.1) is 34.2 Å². The van der Waals surface area contributed by atoms with E-state index in [1.165, 1.54) is 20.8 Å². The van der Waals surface area contributed by atoms with Crippen LogP contribution in [0.1, 0.15) is 151 Å². The van der Waals surface area contributed by atoms with Crippen LogP contribution in [0.15, 0.2) is 14.4 Å². The van der Waals surface area contributed by atoms with Crippen molar-refractivity contribution in [2.24, 2.45) is 17.8 Å². The molecule has 3 heterocycles. The van der Waals surface area contributed by atoms with Crippen LogP contribution in [0.25, 0.3) is 0 Å². The monoisotopic (exact) mass is 1340 g/mol. The van der Waals surface area contributed by atoms with E-state index in [4.69, 9.17) is 0 Å². The van der Waals surface area contributed by atoms with Gasteiger partial charge in [-0.05, 0) is 78.6 Å². The number of carbonyl (C=O) groups is 9. The molecule has 12 N–H and O–H groups in total. The molecular formula is C60H96FeN16O15. The number of carbonyl (C=O) groups excluding carboxylic acids is 9. The molecule has 0 aromatic carbocycles. The largest absolute Gasteiger partial charge is 0.425 e. The van der Waals surface area contributed by atoms with Crippen molar-refractivity contribution in [1.29, 1.82) is 0 Å². The molecule has 32 heteroatoms. The van der Waals surface area contributed by atoms with Crippen molar-refractivity contribution in [2.75, 3.05) is 58.9 Å². The number of hydrogen-bond acceptors (Lipinski definition) is 19. The average Bonchev–Trinajstić information content (AvgIpc) is 1.16. The summed E-state index contributed by atoms with van der Waals surface area (Å²) in [6.45, 7) is 21.6. The first kappa shape index (κ1) is 79.8. The quantitative estimate of drug-likeness (QED) is 0.0238. The smallest absolute Gasteiger partial charge is 0.304 e. The summed E-state index contributed by atoms with van der Waals surface area (Å²) in [5, 5.41) is 54.8. The number of aryl methyl sites for hydroxylation is 6. The van der Waals surface area contributed by atoms with Crippen molar-refractivity contribution in [3.63, 3.8) is 0 Å². The van der Waals surface area contributed by atoms with E-state index >= 15 is 0 Å². The van der Waals surface area contributed by atoms with Gasteiger partial charge in [-0.25, -0.2) is 0 Å². The van der Waals surface area contributed by atoms with Crippen LogP contribution in [0.4, 0.5) is 0 Å². The number of nitrogens with zero attached hydrogens (tertiary/aromatic N) is 7. The zero-order valence-electron chi connectivity index (χ0n) is 55.0. The van der Waals surface area contributed by atoms with Crippen molar-refractivity contribution in [2.45, 2.75) is 178 Å². The molecule has 0 aliphatic heterocycles. The summed E-state index contributed by atoms with van der Waals surface area (Å²) in [6, 6.07) is -2.83. The van der Waals surface area contributed by atoms with Gasteiger partial charge < -0.3 is 63.5 Å². The van der Waals surface area contributed by atoms with E-state index < -0.39 is 88.0 Å². The maximum absolute atomic E-state index is 13.3. The molecule has 0 saturated carbocycles. The fourth-order valence-electron chi connectivity index (χ4n) is 9.30. The maximum Gasteiger partial charge on any atom is 0.304 e. The molecule has 0 radical (unpaired) electrons. The minimum atomic E-state index is -0.942. The molecule has 3 aromatic heterocycles. The Kier molecular flexibility index (Phi) is 34.6. The van der Waals surface area contributed by atoms with Crippen LogP contribution in [-0.2, 0) is 79.5 Å². The molecule has 31 nitrogen and oxygen atoms in total. The van der Waals surface area contributed by atoms with Gasteiger partial charge >= 0.3 is 16.7 Å². The van der Waals surface area contributed by atoms with E-state index in [-0.39, 0.29) is 205 Å². The van der Waals surface area contributed by atoms with Crippen LogP contribution in [0.5, 0.6) is 0 Å². The van der Waals surface area contributed by atoms with E-state index in [9.17, 15) is 73.2 Å². The van der Waals surface area contributed by atoms with Gasteiger partial charge in [-0.3, -0.25) is 77.4 Å². The van der Waals surface area contributed by atoms with Gasteiger partial charge in [-0.2, -0.15) is 0 Å². The summed E-state index contributed by atoms with van der Waals surface area (Å²) >= 11 is 0. The SMILES string of the molecule is Cc1nc(CCC(=O)N[C@@H](CC(C)C)C(=O)NCCC(=O)NCCN(CCNC(=O)CCNC(=O)[C@H](CC(C)C)NC(=O)CCc2nc(C)c(C)n(O)c2=O)CCNC(=O)CCNC(=O)[C@H](CC(C)C)NC(=O)CCc2nc(C)c(C)n(O)c2=O)c(=O)n(O)c1C.[Fe]. The van der Waals surface area contributed by atoms with Crippen molar-refractivity contribution in [3.05, 3.63) is 82.3 Å². The summed E-state index contributed by atoms with van der Waals surface area (Å²) in [6.07, 6.45) is -0.260. The molecule has 3 atom stereocenters. The van der Waals surface area contributed by atoms with Gasteiger partial charge in [0.1, 0.15) is 35.2 Å². The van der Waals surface area contributed by atoms with Crippen molar-refractivity contribution in [1.82, 2.24) is 81.9 Å². The Balaban J connectivity index is 0.0000288. The van der Waals surface area contributed by atoms with Gasteiger partial charge in [0.15, 0.2) is 0 Å². The standard InChI is InChI=1S/C60H96N16O15.Fe/c1-34(2)31-46(70-52(80)16-13-43-58(86)74(89)40(10)37(7)67-43)55(83)64-22-19-49(77)61-25-28-73(29-26-62-50(78)20-23-65-56(84)47(32-35(3)4)71-53(81)17-14-44-59(87)75(90)41(11)38(8)68-44)30-27-63-51(79)21-24-66-57(85)48(33-36(5)6)72-54(82)18-15-45-60(88)76(91)42(12)39(9)69-45;/h34-36,46-48,89-91H,13-33H2,1-12H3,(H,61,77)(H,62,78)(H,63,79)(H,64,83)(H,65,84)(H,66,85)(H,70,80)(H,71,81)(H,72,82);/t46-,47-,48-;/m0./s1. The minimum absolute atomic E-state index is 0. The van der Waals surface area contributed by atoms with Gasteiger partial charge in [-0.15, -0.1) is 14.2 Å². The first-order valence-corrected chi connectivity index (χ1v) is 30.9. The zero-order valence-corrected chi connectivity index (χ0v) is 56.1. The summed E-state index contributed by atoms with van der Waals surface area (Å²) in [5.41, 5.74) is -0.156. The number of aromatic nitrogens is 6. The molecule has 0 unspecified atom stereocenters. The molecule has 92 heavy (non-hydrogen) atoms. The van der Waals surface area contributed by atoms with E-state index in [0.717, 1.165) is 0 Å². The molecule has 0 aliphatic carbocycles. The Bertz CT molecular complexity index is 2890. The fourth-order valence-corrected chi connectivity index (χ4v) is 9.30. The molecule has 3 rings (SSSR count). The molecule has 514 valence electrons. The molecule has 0 aliphatic rings. The molecule has 0 fully saturated rings. The molecule has 0 spiro atoms. The second-order valence-electron chi connectivity index (χ2n) is 23.8. The molecule has 9 amide bonds. The summed E-state index contributed by atoms with van der Waals surface area (Å²) in [4.78, 5) is 170. The predicted octanol–water partition coefficient (Wildman–Crippen LogP) is -1.12. The number of hydrogen-bond donors (Lipinski definition) is 12. The minimum Gasteiger partial charge on any atom is -0.425 e. The second-order valence-corrected chi connectivity index (χ2v) is 23.8. The summed E-state index contributed by atoms with van der Waals surface area (Å²) in [5.74, 6) is -4.31. The Hall–Kier alpha value is -8.25. The molecular weight excluding hydrogens is 1240 g/mol. The molecule has 0 bridgehead atoms. The van der Waals surface area contributed by atoms with Gasteiger partial charge in [0.25, 0.3) is 0 Å². The average molecular weight is 1340 g/mol. The van der Waals surface area contributed by atoms with Crippen molar-refractivity contribution < 1.29 is 75.8 Å². The Morgan fingerprint density at radius 2 is 0.620 bits per heavy atom. The van der Waals surface area contributed by atoms with Crippen LogP contribution in [0.2, 0.25) is 0 Å². The van der Waals surface area contributed by atoms with Crippen LogP contribution in [0, 0.1) is 59.3 Å². The first-order valence-electron chi connectivity index (χ1n) is 30.9. The Labute approximate surface area is 545 Å². The van der Waals surface area contributed by atoms with E-state index in [0.29, 0.717) is 31.3 Å². The number of rotatable bonds is 39. The molecule has 0 saturated heterocycles. The van der Waals surface area contributed by atoms with Gasteiger partial charge in [-0.1, -0.05) is 41.5 Å². The maximum atomic E-state index is 13.3. The second kappa shape index (κ2) is 39.9. The van der Waals surface area contributed by atoms with Crippen molar-refractivity contribution >= 4 is 53.2 Å². The zero-order chi connectivity index (χ0) is 68.2. The van der Waals surface area contributed by atoms with Crippen molar-refractivity contribution in [3.8, 4) is 0 Å². The van der Waals surface area contributed by atoms with Crippen LogP contribution in [-0.4, -0.2) is 180 Å². The third-order valence-corrected chi connectivity index (χ3v) is 14.8. The fraction of sp³-hybridized carbons (Fsp3) is 0.650. The van der Waals surface area contributed by atoms with E-state index in [1.807, 2.05) is 46.4 Å². The van der Waals surface area contributed by atoms with Crippen LogP contribution >= 0.6 is 0 Å². The normalized spacial score (nSPS) is 12.1. The van der Waals surface area contributed by atoms with Crippen LogP contribution < -0.4 is 64.5 Å². The summed E-state index contributed by atoms with van der Waals surface area (Å²) in [7, 11) is 0. The van der Waals surface area contributed by atoms with Gasteiger partial charge in [0, 0.05) is 134 Å².